The van der Waals surface area contributed by atoms with Gasteiger partial charge in [0, 0.05) is 0 Å². The normalized spacial score (nSPS) is 49.6. The van der Waals surface area contributed by atoms with E-state index in [1.54, 1.807) is 0 Å². The molecular formula is C14H22O2. The van der Waals surface area contributed by atoms with E-state index in [2.05, 4.69) is 6.92 Å². The first-order valence-corrected chi connectivity index (χ1v) is 6.81. The van der Waals surface area contributed by atoms with E-state index >= 15 is 0 Å². The van der Waals surface area contributed by atoms with Crippen molar-refractivity contribution in [3.05, 3.63) is 0 Å². The molecule has 1 N–H and O–H groups in total. The van der Waals surface area contributed by atoms with Gasteiger partial charge in [0.2, 0.25) is 0 Å². The van der Waals surface area contributed by atoms with Crippen molar-refractivity contribution in [1.82, 2.24) is 0 Å². The Hall–Kier alpha value is -0.530. The highest BCUT2D eigenvalue weighted by molar-refractivity contribution is 5.75. The average molecular weight is 222 g/mol. The summed E-state index contributed by atoms with van der Waals surface area (Å²) in [5.41, 5.74) is 0.0937. The SMILES string of the molecule is CCCC12CC3CC(C1)CC(C(=O)O)(C3)C2. The highest BCUT2D eigenvalue weighted by Crippen LogP contribution is 2.66. The van der Waals surface area contributed by atoms with Crippen LogP contribution in [0.25, 0.3) is 0 Å². The second-order valence-electron chi connectivity index (χ2n) is 6.80. The van der Waals surface area contributed by atoms with Crippen molar-refractivity contribution in [3.8, 4) is 0 Å². The van der Waals surface area contributed by atoms with Crippen LogP contribution >= 0.6 is 0 Å². The summed E-state index contributed by atoms with van der Waals surface area (Å²) in [6.45, 7) is 2.24. The van der Waals surface area contributed by atoms with Crippen LogP contribution in [0.2, 0.25) is 0 Å². The second kappa shape index (κ2) is 3.24. The quantitative estimate of drug-likeness (QED) is 0.794. The van der Waals surface area contributed by atoms with Crippen LogP contribution in [0, 0.1) is 22.7 Å². The Balaban J connectivity index is 1.93. The monoisotopic (exact) mass is 222 g/mol. The molecule has 0 aromatic heterocycles. The molecule has 4 aliphatic rings. The Kier molecular flexibility index (Phi) is 2.15. The van der Waals surface area contributed by atoms with Crippen molar-refractivity contribution in [2.24, 2.45) is 22.7 Å². The molecule has 0 spiro atoms. The van der Waals surface area contributed by atoms with Crippen molar-refractivity contribution < 1.29 is 9.90 Å². The largest absolute Gasteiger partial charge is 0.481 e. The Bertz CT molecular complexity index is 307. The van der Waals surface area contributed by atoms with Crippen LogP contribution < -0.4 is 0 Å². The molecule has 4 bridgehead atoms. The molecule has 4 fully saturated rings. The molecule has 0 aliphatic heterocycles. The van der Waals surface area contributed by atoms with E-state index in [1.807, 2.05) is 0 Å². The van der Waals surface area contributed by atoms with E-state index < -0.39 is 5.97 Å². The van der Waals surface area contributed by atoms with Crippen LogP contribution in [0.15, 0.2) is 0 Å². The fourth-order valence-corrected chi connectivity index (χ4v) is 5.53. The lowest BCUT2D eigenvalue weighted by atomic mass is 9.43. The number of hydrogen-bond donors (Lipinski definition) is 1. The van der Waals surface area contributed by atoms with Gasteiger partial charge in [-0.2, -0.15) is 0 Å². The van der Waals surface area contributed by atoms with Crippen molar-refractivity contribution in [2.45, 2.75) is 58.3 Å². The summed E-state index contributed by atoms with van der Waals surface area (Å²) in [5, 5.41) is 9.56. The maximum Gasteiger partial charge on any atom is 0.309 e. The maximum absolute atomic E-state index is 11.6. The molecule has 0 amide bonds. The van der Waals surface area contributed by atoms with Crippen LogP contribution in [-0.2, 0) is 4.79 Å². The molecule has 0 heterocycles. The third-order valence-electron chi connectivity index (χ3n) is 5.42. The lowest BCUT2D eigenvalue weighted by Gasteiger charge is -2.60. The fourth-order valence-electron chi connectivity index (χ4n) is 5.53. The molecule has 0 saturated heterocycles. The molecule has 4 aliphatic carbocycles. The molecule has 2 nitrogen and oxygen atoms in total. The predicted octanol–water partition coefficient (Wildman–Crippen LogP) is 3.46. The Morgan fingerprint density at radius 3 is 2.38 bits per heavy atom. The summed E-state index contributed by atoms with van der Waals surface area (Å²) in [6.07, 6.45) is 9.38. The molecular weight excluding hydrogens is 200 g/mol. The third kappa shape index (κ3) is 1.34. The highest BCUT2D eigenvalue weighted by atomic mass is 16.4. The fraction of sp³-hybridized carbons (Fsp3) is 0.929. The number of carboxylic acid groups (broad SMARTS) is 1. The van der Waals surface area contributed by atoms with Gasteiger partial charge in [-0.3, -0.25) is 4.79 Å². The lowest BCUT2D eigenvalue weighted by Crippen LogP contribution is -2.54. The Morgan fingerprint density at radius 2 is 1.88 bits per heavy atom. The summed E-state index contributed by atoms with van der Waals surface area (Å²) in [5.74, 6) is 0.954. The molecule has 0 aromatic rings. The van der Waals surface area contributed by atoms with Gasteiger partial charge in [-0.15, -0.1) is 0 Å². The summed E-state index contributed by atoms with van der Waals surface area (Å²) < 4.78 is 0. The summed E-state index contributed by atoms with van der Waals surface area (Å²) in [7, 11) is 0. The molecule has 2 atom stereocenters. The number of hydrogen-bond acceptors (Lipinski definition) is 1. The van der Waals surface area contributed by atoms with Crippen LogP contribution in [0.3, 0.4) is 0 Å². The minimum absolute atomic E-state index is 0.320. The smallest absolute Gasteiger partial charge is 0.309 e. The first-order valence-electron chi connectivity index (χ1n) is 6.81. The Labute approximate surface area is 97.4 Å². The summed E-state index contributed by atoms with van der Waals surface area (Å²) in [4.78, 5) is 11.6. The first kappa shape index (κ1) is 10.6. The van der Waals surface area contributed by atoms with E-state index in [4.69, 9.17) is 0 Å². The van der Waals surface area contributed by atoms with Crippen molar-refractivity contribution >= 4 is 5.97 Å². The zero-order chi connectivity index (χ0) is 11.4. The van der Waals surface area contributed by atoms with Gasteiger partial charge in [0.25, 0.3) is 0 Å². The zero-order valence-corrected chi connectivity index (χ0v) is 10.2. The summed E-state index contributed by atoms with van der Waals surface area (Å²) in [6, 6.07) is 0. The zero-order valence-electron chi connectivity index (χ0n) is 10.2. The van der Waals surface area contributed by atoms with Gasteiger partial charge in [-0.05, 0) is 62.2 Å². The molecule has 16 heavy (non-hydrogen) atoms. The van der Waals surface area contributed by atoms with E-state index in [1.165, 1.54) is 32.1 Å². The van der Waals surface area contributed by atoms with Crippen molar-refractivity contribution in [3.63, 3.8) is 0 Å². The second-order valence-corrected chi connectivity index (χ2v) is 6.80. The van der Waals surface area contributed by atoms with E-state index in [9.17, 15) is 9.90 Å². The van der Waals surface area contributed by atoms with E-state index in [0.717, 1.165) is 31.1 Å². The molecule has 2 heteroatoms. The number of rotatable bonds is 3. The molecule has 0 radical (unpaired) electrons. The van der Waals surface area contributed by atoms with Gasteiger partial charge in [0.15, 0.2) is 0 Å². The first-order chi connectivity index (χ1) is 7.57. The highest BCUT2D eigenvalue weighted by Gasteiger charge is 2.60. The number of carbonyl (C=O) groups is 1. The third-order valence-corrected chi connectivity index (χ3v) is 5.42. The van der Waals surface area contributed by atoms with Gasteiger partial charge < -0.3 is 5.11 Å². The molecule has 90 valence electrons. The minimum atomic E-state index is -0.498. The van der Waals surface area contributed by atoms with Gasteiger partial charge in [0.1, 0.15) is 0 Å². The number of aliphatic carboxylic acids is 1. The number of carboxylic acids is 1. The van der Waals surface area contributed by atoms with E-state index in [0.29, 0.717) is 5.41 Å². The van der Waals surface area contributed by atoms with Gasteiger partial charge in [0.05, 0.1) is 5.41 Å². The van der Waals surface area contributed by atoms with Crippen molar-refractivity contribution in [2.75, 3.05) is 0 Å². The minimum Gasteiger partial charge on any atom is -0.481 e. The van der Waals surface area contributed by atoms with Gasteiger partial charge in [-0.1, -0.05) is 13.3 Å². The molecule has 4 saturated carbocycles. The van der Waals surface area contributed by atoms with E-state index in [-0.39, 0.29) is 5.41 Å². The molecule has 2 unspecified atom stereocenters. The Morgan fingerprint density at radius 1 is 1.25 bits per heavy atom. The van der Waals surface area contributed by atoms with Crippen LogP contribution in [0.5, 0.6) is 0 Å². The maximum atomic E-state index is 11.6. The van der Waals surface area contributed by atoms with Crippen LogP contribution in [0.1, 0.15) is 58.3 Å². The topological polar surface area (TPSA) is 37.3 Å². The predicted molar refractivity (Wildman–Crippen MR) is 62.1 cm³/mol. The van der Waals surface area contributed by atoms with Crippen LogP contribution in [-0.4, -0.2) is 11.1 Å². The molecule has 4 rings (SSSR count). The average Bonchev–Trinajstić information content (AvgIpc) is 2.14. The molecule has 0 aromatic carbocycles. The van der Waals surface area contributed by atoms with Crippen LogP contribution in [0.4, 0.5) is 0 Å². The van der Waals surface area contributed by atoms with Crippen molar-refractivity contribution in [1.29, 1.82) is 0 Å². The lowest BCUT2D eigenvalue weighted by molar-refractivity contribution is -0.175. The van der Waals surface area contributed by atoms with Gasteiger partial charge in [-0.25, -0.2) is 0 Å². The standard InChI is InChI=1S/C14H22O2/c1-2-3-13-5-10-4-11(6-13)8-14(7-10,9-13)12(15)16/h10-11H,2-9H2,1H3,(H,15,16). The van der Waals surface area contributed by atoms with Gasteiger partial charge >= 0.3 is 5.97 Å². The summed E-state index contributed by atoms with van der Waals surface area (Å²) >= 11 is 0.